The summed E-state index contributed by atoms with van der Waals surface area (Å²) >= 11 is 6.63. The highest BCUT2D eigenvalue weighted by Gasteiger charge is 2.18. The zero-order chi connectivity index (χ0) is 25.8. The van der Waals surface area contributed by atoms with Gasteiger partial charge in [-0.3, -0.25) is 0 Å². The van der Waals surface area contributed by atoms with E-state index in [9.17, 15) is 4.39 Å². The molecule has 2 aromatic rings. The van der Waals surface area contributed by atoms with Gasteiger partial charge in [0.2, 0.25) is 5.95 Å². The Kier molecular flexibility index (Phi) is 11.8. The number of aryl methyl sites for hydroxylation is 1. The van der Waals surface area contributed by atoms with E-state index in [1.807, 2.05) is 37.4 Å². The highest BCUT2D eigenvalue weighted by atomic mass is 35.5. The van der Waals surface area contributed by atoms with Gasteiger partial charge in [-0.05, 0) is 63.3 Å². The third-order valence-corrected chi connectivity index (χ3v) is 5.75. The fourth-order valence-electron chi connectivity index (χ4n) is 3.41. The van der Waals surface area contributed by atoms with E-state index in [-0.39, 0.29) is 22.2 Å². The number of H-pyrrole nitrogens is 1. The minimum absolute atomic E-state index is 0.253. The molecule has 0 aliphatic carbocycles. The molecule has 0 aliphatic heterocycles. The summed E-state index contributed by atoms with van der Waals surface area (Å²) in [6, 6.07) is 0. The summed E-state index contributed by atoms with van der Waals surface area (Å²) in [4.78, 5) is 7.32. The Hall–Kier alpha value is -2.83. The summed E-state index contributed by atoms with van der Waals surface area (Å²) in [5.41, 5.74) is 4.71. The van der Waals surface area contributed by atoms with Crippen molar-refractivity contribution in [3.63, 3.8) is 0 Å². The van der Waals surface area contributed by atoms with E-state index in [4.69, 9.17) is 21.1 Å². The van der Waals surface area contributed by atoms with Crippen LogP contribution in [-0.4, -0.2) is 30.2 Å². The molecule has 0 spiro atoms. The molecule has 2 N–H and O–H groups in total. The summed E-state index contributed by atoms with van der Waals surface area (Å²) in [6.07, 6.45) is 15.1. The lowest BCUT2D eigenvalue weighted by atomic mass is 10.0. The zero-order valence-corrected chi connectivity index (χ0v) is 22.2. The van der Waals surface area contributed by atoms with E-state index >= 15 is 0 Å². The van der Waals surface area contributed by atoms with Crippen LogP contribution in [0.25, 0.3) is 0 Å². The van der Waals surface area contributed by atoms with Crippen LogP contribution >= 0.6 is 11.6 Å². The number of nitrogens with one attached hydrogen (secondary N) is 2. The van der Waals surface area contributed by atoms with Crippen molar-refractivity contribution in [1.82, 2.24) is 9.97 Å². The summed E-state index contributed by atoms with van der Waals surface area (Å²) < 4.78 is 25.8. The molecule has 190 valence electrons. The monoisotopic (exact) mass is 501 g/mol. The maximum absolute atomic E-state index is 14.7. The molecule has 0 saturated carbocycles. The van der Waals surface area contributed by atoms with Gasteiger partial charge in [-0.1, -0.05) is 55.3 Å². The molecule has 0 bridgehead atoms. The van der Waals surface area contributed by atoms with E-state index < -0.39 is 5.95 Å². The van der Waals surface area contributed by atoms with Crippen molar-refractivity contribution in [1.29, 1.82) is 0 Å². The predicted octanol–water partition coefficient (Wildman–Crippen LogP) is 7.41. The van der Waals surface area contributed by atoms with E-state index in [1.54, 1.807) is 14.0 Å². The molecule has 0 aliphatic rings. The van der Waals surface area contributed by atoms with Crippen molar-refractivity contribution < 1.29 is 13.9 Å². The van der Waals surface area contributed by atoms with Gasteiger partial charge in [-0.2, -0.15) is 4.39 Å². The molecular formula is C28H37ClFN3O2. The number of aromatic nitrogens is 2. The summed E-state index contributed by atoms with van der Waals surface area (Å²) in [6.45, 7) is 12.6. The van der Waals surface area contributed by atoms with Gasteiger partial charge in [-0.15, -0.1) is 0 Å². The van der Waals surface area contributed by atoms with E-state index in [1.165, 1.54) is 11.1 Å². The number of hydrogen-bond acceptors (Lipinski definition) is 4. The molecule has 0 unspecified atom stereocenters. The fraction of sp³-hybridized carbons (Fsp3) is 0.393. The summed E-state index contributed by atoms with van der Waals surface area (Å²) in [7, 11) is 1.67. The van der Waals surface area contributed by atoms with Gasteiger partial charge in [0.15, 0.2) is 11.6 Å². The molecule has 5 nitrogen and oxygen atoms in total. The van der Waals surface area contributed by atoms with Crippen LogP contribution in [0.1, 0.15) is 49.1 Å². The second kappa shape index (κ2) is 14.5. The quantitative estimate of drug-likeness (QED) is 0.122. The van der Waals surface area contributed by atoms with Gasteiger partial charge in [0.05, 0.1) is 6.61 Å². The molecular weight excluding hydrogens is 465 g/mol. The first kappa shape index (κ1) is 28.4. The van der Waals surface area contributed by atoms with Crippen LogP contribution in [0.15, 0.2) is 54.5 Å². The number of allylic oxidation sites excluding steroid dienone is 5. The second-order valence-corrected chi connectivity index (χ2v) is 8.80. The van der Waals surface area contributed by atoms with Crippen LogP contribution in [-0.2, 0) is 17.6 Å². The van der Waals surface area contributed by atoms with Gasteiger partial charge in [0.25, 0.3) is 0 Å². The highest BCUT2D eigenvalue weighted by molar-refractivity contribution is 6.34. The number of ether oxygens (including phenoxy) is 2. The average molecular weight is 502 g/mol. The van der Waals surface area contributed by atoms with E-state index in [2.05, 4.69) is 41.8 Å². The van der Waals surface area contributed by atoms with Crippen LogP contribution in [0.4, 0.5) is 10.2 Å². The summed E-state index contributed by atoms with van der Waals surface area (Å²) in [5, 5.41) is 3.44. The Balaban J connectivity index is 2.18. The number of halogens is 2. The first-order valence-corrected chi connectivity index (χ1v) is 12.3. The van der Waals surface area contributed by atoms with Crippen LogP contribution in [0, 0.1) is 19.8 Å². The van der Waals surface area contributed by atoms with Crippen LogP contribution < -0.4 is 10.1 Å². The van der Waals surface area contributed by atoms with Crippen molar-refractivity contribution in [3.8, 4) is 5.75 Å². The minimum Gasteiger partial charge on any atom is -0.456 e. The number of pyridine rings is 1. The molecule has 0 amide bonds. The van der Waals surface area contributed by atoms with Crippen molar-refractivity contribution >= 4 is 17.4 Å². The molecule has 0 atom stereocenters. The second-order valence-electron chi connectivity index (χ2n) is 8.42. The van der Waals surface area contributed by atoms with Crippen LogP contribution in [0.5, 0.6) is 5.75 Å². The van der Waals surface area contributed by atoms with Gasteiger partial charge in [0, 0.05) is 31.1 Å². The average Bonchev–Trinajstić information content (AvgIpc) is 3.18. The number of unbranched alkanes of at least 4 members (excludes halogenated alkanes) is 1. The minimum atomic E-state index is -0.618. The number of rotatable bonds is 14. The number of aromatic amines is 1. The van der Waals surface area contributed by atoms with Gasteiger partial charge >= 0.3 is 0 Å². The Bertz CT molecular complexity index is 1090. The summed E-state index contributed by atoms with van der Waals surface area (Å²) in [5.74, 6) is 0.492. The largest absolute Gasteiger partial charge is 0.456 e. The SMILES string of the molecule is C=C(C)/C=C\C(=C/CCC)Oc1c(C)c(F)nc(NCCc2c[nH]c(C)c2C/C=C\COC)c1Cl. The smallest absolute Gasteiger partial charge is 0.221 e. The number of methoxy groups -OCH3 is 1. The van der Waals surface area contributed by atoms with E-state index in [0.717, 1.165) is 37.0 Å². The lowest BCUT2D eigenvalue weighted by molar-refractivity contribution is 0.233. The van der Waals surface area contributed by atoms with Gasteiger partial charge in [-0.25, -0.2) is 4.98 Å². The Morgan fingerprint density at radius 3 is 2.74 bits per heavy atom. The van der Waals surface area contributed by atoms with Crippen molar-refractivity contribution in [2.75, 3.05) is 25.6 Å². The third-order valence-electron chi connectivity index (χ3n) is 5.39. The number of anilines is 1. The van der Waals surface area contributed by atoms with Crippen molar-refractivity contribution in [2.45, 2.75) is 53.4 Å². The Labute approximate surface area is 213 Å². The zero-order valence-electron chi connectivity index (χ0n) is 21.4. The molecule has 2 heterocycles. The molecule has 0 fully saturated rings. The molecule has 2 rings (SSSR count). The topological polar surface area (TPSA) is 59.2 Å². The van der Waals surface area contributed by atoms with E-state index in [0.29, 0.717) is 18.9 Å². The first-order valence-electron chi connectivity index (χ1n) is 11.9. The third kappa shape index (κ3) is 8.71. The molecule has 0 saturated heterocycles. The fourth-order valence-corrected chi connectivity index (χ4v) is 3.70. The normalized spacial score (nSPS) is 12.1. The molecule has 0 aromatic carbocycles. The highest BCUT2D eigenvalue weighted by Crippen LogP contribution is 2.36. The predicted molar refractivity (Wildman–Crippen MR) is 144 cm³/mol. The van der Waals surface area contributed by atoms with Crippen molar-refractivity contribution in [3.05, 3.63) is 87.8 Å². The lowest BCUT2D eigenvalue weighted by Gasteiger charge is -2.16. The molecule has 0 radical (unpaired) electrons. The molecule has 7 heteroatoms. The first-order chi connectivity index (χ1) is 16.8. The molecule has 2 aromatic heterocycles. The standard InChI is InChI=1S/C28H37ClFN3O2/c1-7-8-11-23(14-13-19(2)3)35-26-20(4)27(30)33-28(25(26)29)31-16-15-22-18-32-21(5)24(22)12-9-10-17-34-6/h9-11,13-14,18,32H,2,7-8,12,15-17H2,1,3-6H3,(H,31,33)/b10-9-,14-13-,23-11+. The molecule has 35 heavy (non-hydrogen) atoms. The van der Waals surface area contributed by atoms with Gasteiger partial charge in [0.1, 0.15) is 10.8 Å². The Morgan fingerprint density at radius 1 is 1.29 bits per heavy atom. The maximum atomic E-state index is 14.7. The van der Waals surface area contributed by atoms with Gasteiger partial charge < -0.3 is 19.8 Å². The van der Waals surface area contributed by atoms with Crippen molar-refractivity contribution in [2.24, 2.45) is 0 Å². The van der Waals surface area contributed by atoms with Crippen LogP contribution in [0.2, 0.25) is 5.02 Å². The van der Waals surface area contributed by atoms with Crippen LogP contribution in [0.3, 0.4) is 0 Å². The maximum Gasteiger partial charge on any atom is 0.221 e. The number of nitrogens with zero attached hydrogens (tertiary/aromatic N) is 1. The number of hydrogen-bond donors (Lipinski definition) is 2. The lowest BCUT2D eigenvalue weighted by Crippen LogP contribution is -2.10. The Morgan fingerprint density at radius 2 is 2.06 bits per heavy atom.